The average molecular weight is 213 g/mol. The van der Waals surface area contributed by atoms with Gasteiger partial charge >= 0.3 is 5.97 Å². The first-order chi connectivity index (χ1) is 7.10. The van der Waals surface area contributed by atoms with E-state index in [0.29, 0.717) is 19.4 Å². The SMILES string of the molecule is CCOC(=O)C(C)(C#N)CCCCCO. The van der Waals surface area contributed by atoms with Crippen molar-refractivity contribution >= 4 is 5.97 Å². The van der Waals surface area contributed by atoms with Crippen LogP contribution in [0.1, 0.15) is 39.5 Å². The van der Waals surface area contributed by atoms with Gasteiger partial charge in [0.1, 0.15) is 0 Å². The number of nitriles is 1. The van der Waals surface area contributed by atoms with Gasteiger partial charge in [-0.2, -0.15) is 5.26 Å². The molecule has 0 spiro atoms. The maximum absolute atomic E-state index is 11.5. The molecule has 0 radical (unpaired) electrons. The number of aliphatic hydroxyl groups is 1. The van der Waals surface area contributed by atoms with Gasteiger partial charge in [0.25, 0.3) is 0 Å². The minimum absolute atomic E-state index is 0.155. The van der Waals surface area contributed by atoms with Crippen molar-refractivity contribution in [3.8, 4) is 6.07 Å². The molecule has 86 valence electrons. The topological polar surface area (TPSA) is 70.3 Å². The summed E-state index contributed by atoms with van der Waals surface area (Å²) in [6.45, 7) is 3.78. The Morgan fingerprint density at radius 3 is 2.60 bits per heavy atom. The molecule has 0 aliphatic rings. The lowest BCUT2D eigenvalue weighted by atomic mass is 9.86. The van der Waals surface area contributed by atoms with Gasteiger partial charge in [0.05, 0.1) is 12.7 Å². The van der Waals surface area contributed by atoms with Gasteiger partial charge in [0, 0.05) is 6.61 Å². The first-order valence-corrected chi connectivity index (χ1v) is 5.30. The van der Waals surface area contributed by atoms with Crippen LogP contribution in [0.2, 0.25) is 0 Å². The van der Waals surface area contributed by atoms with Crippen LogP contribution in [0.4, 0.5) is 0 Å². The van der Waals surface area contributed by atoms with E-state index >= 15 is 0 Å². The number of unbranched alkanes of at least 4 members (excludes halogenated alkanes) is 2. The van der Waals surface area contributed by atoms with Crippen molar-refractivity contribution in [3.63, 3.8) is 0 Å². The van der Waals surface area contributed by atoms with Crippen LogP contribution >= 0.6 is 0 Å². The lowest BCUT2D eigenvalue weighted by Gasteiger charge is -2.18. The fraction of sp³-hybridized carbons (Fsp3) is 0.818. The molecular weight excluding hydrogens is 194 g/mol. The Kier molecular flexibility index (Phi) is 6.72. The predicted molar refractivity (Wildman–Crippen MR) is 55.9 cm³/mol. The van der Waals surface area contributed by atoms with E-state index in [2.05, 4.69) is 0 Å². The van der Waals surface area contributed by atoms with Crippen LogP contribution in [0.15, 0.2) is 0 Å². The molecule has 0 aromatic heterocycles. The summed E-state index contributed by atoms with van der Waals surface area (Å²) in [5.41, 5.74) is -1.04. The maximum Gasteiger partial charge on any atom is 0.326 e. The Labute approximate surface area is 90.9 Å². The summed E-state index contributed by atoms with van der Waals surface area (Å²) in [7, 11) is 0. The largest absolute Gasteiger partial charge is 0.465 e. The number of ether oxygens (including phenoxy) is 1. The summed E-state index contributed by atoms with van der Waals surface area (Å²) < 4.78 is 4.84. The van der Waals surface area contributed by atoms with Crippen LogP contribution in [0, 0.1) is 16.7 Å². The van der Waals surface area contributed by atoms with Crippen LogP contribution in [0.5, 0.6) is 0 Å². The summed E-state index contributed by atoms with van der Waals surface area (Å²) in [4.78, 5) is 11.5. The molecule has 0 rings (SSSR count). The second kappa shape index (κ2) is 7.24. The van der Waals surface area contributed by atoms with Gasteiger partial charge in [-0.1, -0.05) is 12.8 Å². The molecule has 4 heteroatoms. The number of esters is 1. The molecule has 0 heterocycles. The minimum atomic E-state index is -1.04. The van der Waals surface area contributed by atoms with Gasteiger partial charge in [0.2, 0.25) is 0 Å². The summed E-state index contributed by atoms with van der Waals surface area (Å²) in [5, 5.41) is 17.5. The van der Waals surface area contributed by atoms with E-state index in [9.17, 15) is 4.79 Å². The molecule has 0 amide bonds. The second-order valence-electron chi connectivity index (χ2n) is 3.70. The molecule has 1 unspecified atom stereocenters. The molecular formula is C11H19NO3. The van der Waals surface area contributed by atoms with Crippen molar-refractivity contribution < 1.29 is 14.6 Å². The summed E-state index contributed by atoms with van der Waals surface area (Å²) >= 11 is 0. The smallest absolute Gasteiger partial charge is 0.326 e. The van der Waals surface area contributed by atoms with Gasteiger partial charge in [-0.3, -0.25) is 4.79 Å². The first kappa shape index (κ1) is 13.9. The molecule has 1 atom stereocenters. The molecule has 0 saturated carbocycles. The van der Waals surface area contributed by atoms with Gasteiger partial charge in [-0.15, -0.1) is 0 Å². The number of nitrogens with zero attached hydrogens (tertiary/aromatic N) is 1. The van der Waals surface area contributed by atoms with Crippen LogP contribution in [0.3, 0.4) is 0 Å². The van der Waals surface area contributed by atoms with Crippen molar-refractivity contribution in [1.29, 1.82) is 5.26 Å². The van der Waals surface area contributed by atoms with Gasteiger partial charge in [-0.05, 0) is 26.7 Å². The third-order valence-electron chi connectivity index (χ3n) is 2.31. The fourth-order valence-corrected chi connectivity index (χ4v) is 1.26. The average Bonchev–Trinajstić information content (AvgIpc) is 2.24. The number of hydrogen-bond donors (Lipinski definition) is 1. The molecule has 0 saturated heterocycles. The molecule has 1 N–H and O–H groups in total. The van der Waals surface area contributed by atoms with E-state index in [4.69, 9.17) is 15.1 Å². The number of carbonyl (C=O) groups excluding carboxylic acids is 1. The fourth-order valence-electron chi connectivity index (χ4n) is 1.26. The van der Waals surface area contributed by atoms with Crippen LogP contribution in [-0.2, 0) is 9.53 Å². The summed E-state index contributed by atoms with van der Waals surface area (Å²) in [6, 6.07) is 2.00. The highest BCUT2D eigenvalue weighted by atomic mass is 16.5. The normalized spacial score (nSPS) is 14.0. The van der Waals surface area contributed by atoms with Gasteiger partial charge in [0.15, 0.2) is 5.41 Å². The Morgan fingerprint density at radius 2 is 2.13 bits per heavy atom. The highest BCUT2D eigenvalue weighted by Gasteiger charge is 2.34. The molecule has 0 fully saturated rings. The number of aliphatic hydroxyl groups excluding tert-OH is 1. The third kappa shape index (κ3) is 4.80. The van der Waals surface area contributed by atoms with Crippen LogP contribution in [-0.4, -0.2) is 24.3 Å². The van der Waals surface area contributed by atoms with Crippen molar-refractivity contribution in [2.45, 2.75) is 39.5 Å². The van der Waals surface area contributed by atoms with Crippen LogP contribution < -0.4 is 0 Å². The lowest BCUT2D eigenvalue weighted by molar-refractivity contribution is -0.151. The Balaban J connectivity index is 4.08. The molecule has 0 bridgehead atoms. The second-order valence-corrected chi connectivity index (χ2v) is 3.70. The van der Waals surface area contributed by atoms with E-state index in [0.717, 1.165) is 12.8 Å². The van der Waals surface area contributed by atoms with Crippen molar-refractivity contribution in [2.75, 3.05) is 13.2 Å². The zero-order valence-corrected chi connectivity index (χ0v) is 9.45. The highest BCUT2D eigenvalue weighted by Crippen LogP contribution is 2.25. The van der Waals surface area contributed by atoms with E-state index in [1.165, 1.54) is 0 Å². The molecule has 0 aromatic carbocycles. The Morgan fingerprint density at radius 1 is 1.47 bits per heavy atom. The number of rotatable bonds is 7. The third-order valence-corrected chi connectivity index (χ3v) is 2.31. The van der Waals surface area contributed by atoms with Crippen molar-refractivity contribution in [1.82, 2.24) is 0 Å². The standard InChI is InChI=1S/C11H19NO3/c1-3-15-10(14)11(2,9-12)7-5-4-6-8-13/h13H,3-8H2,1-2H3. The van der Waals surface area contributed by atoms with Crippen LogP contribution in [0.25, 0.3) is 0 Å². The quantitative estimate of drug-likeness (QED) is 0.515. The molecule has 15 heavy (non-hydrogen) atoms. The van der Waals surface area contributed by atoms with E-state index < -0.39 is 11.4 Å². The minimum Gasteiger partial charge on any atom is -0.465 e. The zero-order chi connectivity index (χ0) is 11.7. The van der Waals surface area contributed by atoms with Gasteiger partial charge in [-0.25, -0.2) is 0 Å². The van der Waals surface area contributed by atoms with Crippen molar-refractivity contribution in [2.24, 2.45) is 5.41 Å². The Bertz CT molecular complexity index is 234. The molecule has 4 nitrogen and oxygen atoms in total. The first-order valence-electron chi connectivity index (χ1n) is 5.30. The van der Waals surface area contributed by atoms with E-state index in [-0.39, 0.29) is 6.61 Å². The monoisotopic (exact) mass is 213 g/mol. The Hall–Kier alpha value is -1.08. The van der Waals surface area contributed by atoms with Crippen molar-refractivity contribution in [3.05, 3.63) is 0 Å². The van der Waals surface area contributed by atoms with E-state index in [1.807, 2.05) is 6.07 Å². The number of hydrogen-bond acceptors (Lipinski definition) is 4. The molecule has 0 aliphatic heterocycles. The zero-order valence-electron chi connectivity index (χ0n) is 9.45. The maximum atomic E-state index is 11.5. The lowest BCUT2D eigenvalue weighted by Crippen LogP contribution is -2.28. The molecule has 0 aliphatic carbocycles. The predicted octanol–water partition coefficient (Wildman–Crippen LogP) is 1.63. The summed E-state index contributed by atoms with van der Waals surface area (Å²) in [5.74, 6) is -0.448. The number of carbonyl (C=O) groups is 1. The van der Waals surface area contributed by atoms with Gasteiger partial charge < -0.3 is 9.84 Å². The molecule has 0 aromatic rings. The summed E-state index contributed by atoms with van der Waals surface area (Å²) in [6.07, 6.45) is 2.78. The van der Waals surface area contributed by atoms with E-state index in [1.54, 1.807) is 13.8 Å². The highest BCUT2D eigenvalue weighted by molar-refractivity contribution is 5.79.